The van der Waals surface area contributed by atoms with Crippen LogP contribution in [0.3, 0.4) is 0 Å². The van der Waals surface area contributed by atoms with Gasteiger partial charge in [0.2, 0.25) is 0 Å². The summed E-state index contributed by atoms with van der Waals surface area (Å²) in [5, 5.41) is 14.6. The van der Waals surface area contributed by atoms with Gasteiger partial charge in [-0.05, 0) is 37.5 Å². The van der Waals surface area contributed by atoms with Crippen LogP contribution in [0.15, 0.2) is 0 Å². The quantitative estimate of drug-likeness (QED) is 0.716. The second-order valence-corrected chi connectivity index (χ2v) is 6.00. The first kappa shape index (κ1) is 15.8. The number of carbonyl (C=O) groups excluding carboxylic acids is 1. The smallest absolute Gasteiger partial charge is 0.315 e. The Morgan fingerprint density at radius 2 is 1.79 bits per heavy atom. The van der Waals surface area contributed by atoms with E-state index in [1.165, 1.54) is 0 Å². The monoisotopic (exact) mass is 270 g/mol. The number of carboxylic acids is 1. The van der Waals surface area contributed by atoms with Crippen molar-refractivity contribution in [3.8, 4) is 0 Å². The second kappa shape index (κ2) is 7.36. The van der Waals surface area contributed by atoms with Gasteiger partial charge in [0.15, 0.2) is 0 Å². The van der Waals surface area contributed by atoms with Crippen LogP contribution in [-0.2, 0) is 4.79 Å². The Labute approximate surface area is 115 Å². The summed E-state index contributed by atoms with van der Waals surface area (Å²) >= 11 is 0. The minimum Gasteiger partial charge on any atom is -0.481 e. The van der Waals surface area contributed by atoms with Crippen LogP contribution in [0.4, 0.5) is 4.79 Å². The van der Waals surface area contributed by atoms with Crippen LogP contribution in [0, 0.1) is 17.8 Å². The molecule has 0 saturated heterocycles. The lowest BCUT2D eigenvalue weighted by atomic mass is 9.87. The highest BCUT2D eigenvalue weighted by atomic mass is 16.4. The molecule has 1 saturated carbocycles. The Kier molecular flexibility index (Phi) is 6.12. The average Bonchev–Trinajstić information content (AvgIpc) is 2.31. The number of hydrogen-bond acceptors (Lipinski definition) is 2. The molecule has 0 aromatic heterocycles. The molecule has 3 N–H and O–H groups in total. The molecule has 0 spiro atoms. The van der Waals surface area contributed by atoms with Crippen LogP contribution in [0.2, 0.25) is 0 Å². The zero-order valence-corrected chi connectivity index (χ0v) is 12.1. The van der Waals surface area contributed by atoms with E-state index in [0.717, 1.165) is 31.6 Å². The zero-order valence-electron chi connectivity index (χ0n) is 12.1. The van der Waals surface area contributed by atoms with E-state index in [9.17, 15) is 9.59 Å². The van der Waals surface area contributed by atoms with E-state index in [4.69, 9.17) is 5.11 Å². The normalized spacial score (nSPS) is 24.8. The van der Waals surface area contributed by atoms with Crippen LogP contribution in [0.5, 0.6) is 0 Å². The Hall–Kier alpha value is -1.26. The number of urea groups is 1. The molecular weight excluding hydrogens is 244 g/mol. The predicted octanol–water partition coefficient (Wildman–Crippen LogP) is 2.22. The van der Waals surface area contributed by atoms with E-state index in [0.29, 0.717) is 0 Å². The van der Waals surface area contributed by atoms with Gasteiger partial charge in [-0.3, -0.25) is 4.79 Å². The molecule has 0 aromatic rings. The van der Waals surface area contributed by atoms with Crippen molar-refractivity contribution in [2.75, 3.05) is 6.54 Å². The van der Waals surface area contributed by atoms with Crippen molar-refractivity contribution in [2.24, 2.45) is 17.8 Å². The van der Waals surface area contributed by atoms with E-state index in [1.807, 2.05) is 13.8 Å². The molecule has 0 bridgehead atoms. The Morgan fingerprint density at radius 3 is 2.26 bits per heavy atom. The van der Waals surface area contributed by atoms with Crippen molar-refractivity contribution in [1.82, 2.24) is 10.6 Å². The number of amides is 2. The van der Waals surface area contributed by atoms with Crippen LogP contribution >= 0.6 is 0 Å². The number of carboxylic acid groups (broad SMARTS) is 1. The van der Waals surface area contributed by atoms with E-state index in [1.54, 1.807) is 0 Å². The van der Waals surface area contributed by atoms with Crippen molar-refractivity contribution in [3.05, 3.63) is 0 Å². The number of aliphatic carboxylic acids is 1. The molecule has 1 fully saturated rings. The molecule has 0 heterocycles. The first-order valence-corrected chi connectivity index (χ1v) is 7.17. The van der Waals surface area contributed by atoms with Gasteiger partial charge in [-0.15, -0.1) is 0 Å². The fourth-order valence-corrected chi connectivity index (χ4v) is 2.45. The fraction of sp³-hybridized carbons (Fsp3) is 0.857. The minimum atomic E-state index is -0.859. The van der Waals surface area contributed by atoms with E-state index in [-0.39, 0.29) is 24.5 Å². The summed E-state index contributed by atoms with van der Waals surface area (Å²) in [6, 6.07) is -0.00928. The van der Waals surface area contributed by atoms with Crippen molar-refractivity contribution in [3.63, 3.8) is 0 Å². The molecule has 0 radical (unpaired) electrons. The molecule has 5 nitrogen and oxygen atoms in total. The van der Waals surface area contributed by atoms with Crippen molar-refractivity contribution >= 4 is 12.0 Å². The van der Waals surface area contributed by atoms with E-state index >= 15 is 0 Å². The lowest BCUT2D eigenvalue weighted by Gasteiger charge is -2.27. The van der Waals surface area contributed by atoms with Crippen LogP contribution < -0.4 is 10.6 Å². The minimum absolute atomic E-state index is 0.00771. The van der Waals surface area contributed by atoms with Gasteiger partial charge in [0.1, 0.15) is 0 Å². The third kappa shape index (κ3) is 5.49. The van der Waals surface area contributed by atoms with Crippen LogP contribution in [0.25, 0.3) is 0 Å². The largest absolute Gasteiger partial charge is 0.481 e. The number of nitrogens with one attached hydrogen (secondary N) is 2. The molecule has 2 amide bonds. The number of rotatable bonds is 5. The molecule has 1 aliphatic carbocycles. The molecule has 0 aromatic carbocycles. The maximum Gasteiger partial charge on any atom is 0.315 e. The molecule has 5 heteroatoms. The molecule has 0 aliphatic heterocycles. The van der Waals surface area contributed by atoms with Gasteiger partial charge in [-0.25, -0.2) is 4.79 Å². The summed E-state index contributed by atoms with van der Waals surface area (Å²) in [7, 11) is 0. The molecule has 19 heavy (non-hydrogen) atoms. The van der Waals surface area contributed by atoms with Crippen LogP contribution in [0.1, 0.15) is 46.5 Å². The molecule has 1 atom stereocenters. The van der Waals surface area contributed by atoms with Gasteiger partial charge in [0.05, 0.1) is 5.92 Å². The van der Waals surface area contributed by atoms with Crippen molar-refractivity contribution in [2.45, 2.75) is 52.5 Å². The van der Waals surface area contributed by atoms with Crippen molar-refractivity contribution < 1.29 is 14.7 Å². The first-order chi connectivity index (χ1) is 8.90. The van der Waals surface area contributed by atoms with Gasteiger partial charge in [-0.2, -0.15) is 0 Å². The third-order valence-corrected chi connectivity index (χ3v) is 3.96. The summed E-state index contributed by atoms with van der Waals surface area (Å²) in [4.78, 5) is 22.7. The Bertz CT molecular complexity index is 310. The maximum absolute atomic E-state index is 11.7. The molecular formula is C14H26N2O3. The third-order valence-electron chi connectivity index (χ3n) is 3.96. The lowest BCUT2D eigenvalue weighted by molar-refractivity contribution is -0.142. The van der Waals surface area contributed by atoms with E-state index in [2.05, 4.69) is 17.6 Å². The van der Waals surface area contributed by atoms with Gasteiger partial charge in [0.25, 0.3) is 0 Å². The number of carbonyl (C=O) groups is 2. The zero-order chi connectivity index (χ0) is 14.4. The SMILES string of the molecule is CC1CCC(NC(=O)NCC(C(=O)O)C(C)C)CC1. The Balaban J connectivity index is 2.29. The number of hydrogen-bond donors (Lipinski definition) is 3. The maximum atomic E-state index is 11.7. The first-order valence-electron chi connectivity index (χ1n) is 7.17. The average molecular weight is 270 g/mol. The van der Waals surface area contributed by atoms with Gasteiger partial charge in [0, 0.05) is 12.6 Å². The van der Waals surface area contributed by atoms with E-state index < -0.39 is 11.9 Å². The summed E-state index contributed by atoms with van der Waals surface area (Å²) in [5.41, 5.74) is 0. The summed E-state index contributed by atoms with van der Waals surface area (Å²) in [6.07, 6.45) is 4.33. The molecule has 110 valence electrons. The molecule has 1 aliphatic rings. The molecule has 1 rings (SSSR count). The highest BCUT2D eigenvalue weighted by Gasteiger charge is 2.23. The van der Waals surface area contributed by atoms with Gasteiger partial charge < -0.3 is 15.7 Å². The second-order valence-electron chi connectivity index (χ2n) is 6.00. The summed E-state index contributed by atoms with van der Waals surface area (Å²) in [6.45, 7) is 6.11. The molecule has 1 unspecified atom stereocenters. The van der Waals surface area contributed by atoms with Crippen LogP contribution in [-0.4, -0.2) is 29.7 Å². The van der Waals surface area contributed by atoms with Gasteiger partial charge >= 0.3 is 12.0 Å². The van der Waals surface area contributed by atoms with Crippen molar-refractivity contribution in [1.29, 1.82) is 0 Å². The highest BCUT2D eigenvalue weighted by molar-refractivity contribution is 5.76. The predicted molar refractivity (Wildman–Crippen MR) is 73.9 cm³/mol. The standard InChI is InChI=1S/C14H26N2O3/c1-9(2)12(13(17)18)8-15-14(19)16-11-6-4-10(3)5-7-11/h9-12H,4-8H2,1-3H3,(H,17,18)(H2,15,16,19). The summed E-state index contributed by atoms with van der Waals surface area (Å²) < 4.78 is 0. The summed E-state index contributed by atoms with van der Waals surface area (Å²) in [5.74, 6) is -0.634. The topological polar surface area (TPSA) is 78.4 Å². The van der Waals surface area contributed by atoms with Gasteiger partial charge in [-0.1, -0.05) is 20.8 Å². The lowest BCUT2D eigenvalue weighted by Crippen LogP contribution is -2.46. The fourth-order valence-electron chi connectivity index (χ4n) is 2.45. The Morgan fingerprint density at radius 1 is 1.21 bits per heavy atom. The highest BCUT2D eigenvalue weighted by Crippen LogP contribution is 2.23.